The molecule has 1 unspecified atom stereocenters. The van der Waals surface area contributed by atoms with E-state index < -0.39 is 0 Å². The van der Waals surface area contributed by atoms with Crippen molar-refractivity contribution in [1.29, 1.82) is 0 Å². The van der Waals surface area contributed by atoms with E-state index in [1.165, 1.54) is 10.4 Å². The number of rotatable bonds is 8. The van der Waals surface area contributed by atoms with Crippen LogP contribution in [0, 0.1) is 5.92 Å². The first-order valence-corrected chi connectivity index (χ1v) is 10.1. The summed E-state index contributed by atoms with van der Waals surface area (Å²) in [5.74, 6) is 0.687. The van der Waals surface area contributed by atoms with E-state index in [4.69, 9.17) is 14.0 Å². The number of thiophene rings is 1. The maximum Gasteiger partial charge on any atom is 0.273 e. The minimum Gasteiger partial charge on any atom is -0.381 e. The molecule has 1 aliphatic rings. The van der Waals surface area contributed by atoms with Gasteiger partial charge in [0.05, 0.1) is 13.2 Å². The minimum absolute atomic E-state index is 0.229. The molecule has 0 bridgehead atoms. The standard InChI is InChI=1S/C21H22N2O4S/c24-21(22-11-15-8-9-25-12-15)19-10-17(27-23-19)13-26-14-18-6-7-20(28-18)16-4-2-1-3-5-16/h1-7,10,15H,8-9,11-14H2,(H,22,24). The third-order valence-corrected chi connectivity index (χ3v) is 5.68. The maximum absolute atomic E-state index is 12.1. The molecule has 146 valence electrons. The monoisotopic (exact) mass is 398 g/mol. The van der Waals surface area contributed by atoms with Crippen molar-refractivity contribution in [3.05, 3.63) is 64.9 Å². The van der Waals surface area contributed by atoms with Crippen LogP contribution in [0.15, 0.2) is 53.1 Å². The first-order chi connectivity index (χ1) is 13.8. The van der Waals surface area contributed by atoms with Gasteiger partial charge in [-0.1, -0.05) is 35.5 Å². The van der Waals surface area contributed by atoms with Crippen LogP contribution in [0.2, 0.25) is 0 Å². The molecule has 0 saturated carbocycles. The minimum atomic E-state index is -0.229. The lowest BCUT2D eigenvalue weighted by Crippen LogP contribution is -2.29. The summed E-state index contributed by atoms with van der Waals surface area (Å²) < 4.78 is 16.2. The Hall–Kier alpha value is -2.48. The molecule has 3 heterocycles. The van der Waals surface area contributed by atoms with Gasteiger partial charge < -0.3 is 19.3 Å². The summed E-state index contributed by atoms with van der Waals surface area (Å²) in [5, 5.41) is 6.71. The highest BCUT2D eigenvalue weighted by Crippen LogP contribution is 2.28. The molecule has 0 aliphatic carbocycles. The van der Waals surface area contributed by atoms with Gasteiger partial charge in [-0.05, 0) is 24.1 Å². The smallest absolute Gasteiger partial charge is 0.273 e. The van der Waals surface area contributed by atoms with Crippen LogP contribution in [0.4, 0.5) is 0 Å². The summed E-state index contributed by atoms with van der Waals surface area (Å²) in [6.45, 7) is 2.83. The Morgan fingerprint density at radius 1 is 1.21 bits per heavy atom. The Balaban J connectivity index is 1.23. The summed E-state index contributed by atoms with van der Waals surface area (Å²) in [6.07, 6.45) is 0.979. The number of amides is 1. The molecule has 0 radical (unpaired) electrons. The lowest BCUT2D eigenvalue weighted by atomic mass is 10.1. The van der Waals surface area contributed by atoms with E-state index in [0.717, 1.165) is 17.9 Å². The van der Waals surface area contributed by atoms with Gasteiger partial charge in [0.2, 0.25) is 0 Å². The number of hydrogen-bond acceptors (Lipinski definition) is 6. The quantitative estimate of drug-likeness (QED) is 0.623. The summed E-state index contributed by atoms with van der Waals surface area (Å²) in [4.78, 5) is 14.5. The molecule has 0 spiro atoms. The molecule has 1 atom stereocenters. The fraction of sp³-hybridized carbons (Fsp3) is 0.333. The lowest BCUT2D eigenvalue weighted by molar-refractivity contribution is 0.0892. The second-order valence-corrected chi connectivity index (χ2v) is 7.91. The maximum atomic E-state index is 12.1. The molecule has 1 aromatic carbocycles. The third-order valence-electron chi connectivity index (χ3n) is 4.58. The zero-order valence-corrected chi connectivity index (χ0v) is 16.2. The summed E-state index contributed by atoms with van der Waals surface area (Å²) in [5.41, 5.74) is 1.48. The van der Waals surface area contributed by atoms with Gasteiger partial charge in [-0.15, -0.1) is 11.3 Å². The van der Waals surface area contributed by atoms with Crippen LogP contribution >= 0.6 is 11.3 Å². The molecular formula is C21H22N2O4S. The van der Waals surface area contributed by atoms with Crippen LogP contribution < -0.4 is 5.32 Å². The van der Waals surface area contributed by atoms with E-state index >= 15 is 0 Å². The van der Waals surface area contributed by atoms with Crippen molar-refractivity contribution in [2.24, 2.45) is 5.92 Å². The fourth-order valence-corrected chi connectivity index (χ4v) is 3.98. The second-order valence-electron chi connectivity index (χ2n) is 6.74. The number of aromatic nitrogens is 1. The fourth-order valence-electron chi connectivity index (χ4n) is 3.03. The van der Waals surface area contributed by atoms with Gasteiger partial charge in [-0.25, -0.2) is 0 Å². The Labute approximate surface area is 167 Å². The number of nitrogens with zero attached hydrogens (tertiary/aromatic N) is 1. The molecule has 3 aromatic rings. The number of nitrogens with one attached hydrogen (secondary N) is 1. The van der Waals surface area contributed by atoms with Crippen LogP contribution in [-0.2, 0) is 22.7 Å². The molecule has 7 heteroatoms. The van der Waals surface area contributed by atoms with Crippen molar-refractivity contribution in [1.82, 2.24) is 10.5 Å². The number of benzene rings is 1. The summed E-state index contributed by atoms with van der Waals surface area (Å²) in [7, 11) is 0. The molecule has 1 N–H and O–H groups in total. The molecule has 1 aliphatic heterocycles. The van der Waals surface area contributed by atoms with E-state index in [0.29, 0.717) is 31.4 Å². The van der Waals surface area contributed by atoms with Crippen molar-refractivity contribution in [2.75, 3.05) is 19.8 Å². The second kappa shape index (κ2) is 9.14. The van der Waals surface area contributed by atoms with E-state index in [9.17, 15) is 4.79 Å². The van der Waals surface area contributed by atoms with Gasteiger partial charge >= 0.3 is 0 Å². The first-order valence-electron chi connectivity index (χ1n) is 9.31. The highest BCUT2D eigenvalue weighted by atomic mass is 32.1. The van der Waals surface area contributed by atoms with E-state index in [-0.39, 0.29) is 18.2 Å². The van der Waals surface area contributed by atoms with E-state index in [1.54, 1.807) is 17.4 Å². The number of hydrogen-bond donors (Lipinski definition) is 1. The number of ether oxygens (including phenoxy) is 2. The van der Waals surface area contributed by atoms with Crippen molar-refractivity contribution in [3.8, 4) is 10.4 Å². The van der Waals surface area contributed by atoms with Gasteiger partial charge in [0.15, 0.2) is 11.5 Å². The highest BCUT2D eigenvalue weighted by Gasteiger charge is 2.18. The largest absolute Gasteiger partial charge is 0.381 e. The van der Waals surface area contributed by atoms with Crippen LogP contribution in [0.1, 0.15) is 27.5 Å². The Morgan fingerprint density at radius 3 is 2.93 bits per heavy atom. The average Bonchev–Trinajstić information content (AvgIpc) is 3.49. The lowest BCUT2D eigenvalue weighted by Gasteiger charge is -2.07. The molecule has 4 rings (SSSR count). The normalized spacial score (nSPS) is 16.4. The average molecular weight is 398 g/mol. The van der Waals surface area contributed by atoms with Crippen LogP contribution in [-0.4, -0.2) is 30.8 Å². The van der Waals surface area contributed by atoms with Gasteiger partial charge in [0.25, 0.3) is 5.91 Å². The van der Waals surface area contributed by atoms with Crippen LogP contribution in [0.5, 0.6) is 0 Å². The Morgan fingerprint density at radius 2 is 2.11 bits per heavy atom. The highest BCUT2D eigenvalue weighted by molar-refractivity contribution is 7.15. The third kappa shape index (κ3) is 4.86. The molecule has 1 amide bonds. The predicted molar refractivity (Wildman–Crippen MR) is 106 cm³/mol. The molecule has 28 heavy (non-hydrogen) atoms. The zero-order chi connectivity index (χ0) is 19.2. The van der Waals surface area contributed by atoms with E-state index in [1.807, 2.05) is 18.2 Å². The predicted octanol–water partition coefficient (Wildman–Crippen LogP) is 3.89. The number of carbonyl (C=O) groups is 1. The molecule has 1 fully saturated rings. The van der Waals surface area contributed by atoms with Gasteiger partial charge in [0, 0.05) is 34.9 Å². The molecule has 2 aromatic heterocycles. The van der Waals surface area contributed by atoms with Crippen molar-refractivity contribution in [2.45, 2.75) is 19.6 Å². The summed E-state index contributed by atoms with van der Waals surface area (Å²) in [6, 6.07) is 16.1. The zero-order valence-electron chi connectivity index (χ0n) is 15.4. The van der Waals surface area contributed by atoms with Crippen molar-refractivity contribution in [3.63, 3.8) is 0 Å². The summed E-state index contributed by atoms with van der Waals surface area (Å²) >= 11 is 1.70. The van der Waals surface area contributed by atoms with Crippen molar-refractivity contribution < 1.29 is 18.8 Å². The van der Waals surface area contributed by atoms with Crippen LogP contribution in [0.25, 0.3) is 10.4 Å². The first kappa shape index (κ1) is 18.9. The van der Waals surface area contributed by atoms with Gasteiger partial charge in [0.1, 0.15) is 6.61 Å². The Kier molecular flexibility index (Phi) is 6.16. The number of carbonyl (C=O) groups excluding carboxylic acids is 1. The topological polar surface area (TPSA) is 73.6 Å². The molecule has 1 saturated heterocycles. The SMILES string of the molecule is O=C(NCC1CCOC1)c1cc(COCc2ccc(-c3ccccc3)s2)on1. The Bertz CT molecular complexity index is 900. The molecular weight excluding hydrogens is 376 g/mol. The van der Waals surface area contributed by atoms with E-state index in [2.05, 4.69) is 34.7 Å². The van der Waals surface area contributed by atoms with Crippen LogP contribution in [0.3, 0.4) is 0 Å². The molecule has 6 nitrogen and oxygen atoms in total. The van der Waals surface area contributed by atoms with Crippen molar-refractivity contribution >= 4 is 17.2 Å². The van der Waals surface area contributed by atoms with Gasteiger partial charge in [-0.3, -0.25) is 4.79 Å². The van der Waals surface area contributed by atoms with Gasteiger partial charge in [-0.2, -0.15) is 0 Å².